The number of para-hydroxylation sites is 1. The Kier molecular flexibility index (Phi) is 7.28. The molecule has 0 aliphatic carbocycles. The van der Waals surface area contributed by atoms with Gasteiger partial charge in [-0.3, -0.25) is 4.74 Å². The zero-order chi connectivity index (χ0) is 15.9. The number of benzene rings is 1. The van der Waals surface area contributed by atoms with E-state index in [2.05, 4.69) is 23.9 Å². The molecular formula is C14H19ClF3NO2. The number of hydrogen-bond acceptors (Lipinski definition) is 3. The second-order valence-corrected chi connectivity index (χ2v) is 5.30. The Bertz CT molecular complexity index is 439. The molecule has 0 fully saturated rings. The van der Waals surface area contributed by atoms with E-state index in [1.165, 1.54) is 0 Å². The van der Waals surface area contributed by atoms with Crippen LogP contribution in [0.5, 0.6) is 5.75 Å². The number of hydrogen-bond donors (Lipinski definition) is 1. The Morgan fingerprint density at radius 1 is 1.24 bits per heavy atom. The number of rotatable bonds is 8. The van der Waals surface area contributed by atoms with E-state index >= 15 is 0 Å². The lowest BCUT2D eigenvalue weighted by molar-refractivity contribution is -0.325. The van der Waals surface area contributed by atoms with Gasteiger partial charge in [-0.15, -0.1) is 13.2 Å². The summed E-state index contributed by atoms with van der Waals surface area (Å²) in [6.07, 6.45) is -4.65. The molecule has 0 unspecified atom stereocenters. The van der Waals surface area contributed by atoms with Crippen molar-refractivity contribution < 1.29 is 22.6 Å². The Morgan fingerprint density at radius 3 is 2.57 bits per heavy atom. The highest BCUT2D eigenvalue weighted by Crippen LogP contribution is 2.28. The number of alkyl halides is 3. The molecular weight excluding hydrogens is 307 g/mol. The lowest BCUT2D eigenvalue weighted by Crippen LogP contribution is -2.20. The van der Waals surface area contributed by atoms with Gasteiger partial charge in [0.15, 0.2) is 0 Å². The summed E-state index contributed by atoms with van der Waals surface area (Å²) >= 11 is 6.02. The van der Waals surface area contributed by atoms with Gasteiger partial charge < -0.3 is 10.1 Å². The van der Waals surface area contributed by atoms with E-state index < -0.39 is 13.0 Å². The molecule has 7 heteroatoms. The minimum Gasteiger partial charge on any atom is -0.489 e. The molecule has 0 aromatic heterocycles. The van der Waals surface area contributed by atoms with Crippen molar-refractivity contribution in [3.8, 4) is 5.75 Å². The van der Waals surface area contributed by atoms with Gasteiger partial charge in [0, 0.05) is 12.1 Å². The van der Waals surface area contributed by atoms with Gasteiger partial charge in [0.05, 0.1) is 11.6 Å². The molecule has 0 spiro atoms. The highest BCUT2D eigenvalue weighted by atomic mass is 35.5. The molecule has 21 heavy (non-hydrogen) atoms. The topological polar surface area (TPSA) is 30.5 Å². The zero-order valence-corrected chi connectivity index (χ0v) is 12.7. The quantitative estimate of drug-likeness (QED) is 0.733. The molecule has 0 heterocycles. The average molecular weight is 326 g/mol. The summed E-state index contributed by atoms with van der Waals surface area (Å²) in [6.45, 7) is 4.72. The lowest BCUT2D eigenvalue weighted by atomic mass is 10.2. The summed E-state index contributed by atoms with van der Waals surface area (Å²) in [5.41, 5.74) is 0.801. The molecule has 0 atom stereocenters. The molecule has 1 aromatic carbocycles. The molecule has 0 radical (unpaired) electrons. The van der Waals surface area contributed by atoms with Crippen molar-refractivity contribution in [1.82, 2.24) is 5.32 Å². The highest BCUT2D eigenvalue weighted by Gasteiger charge is 2.28. The van der Waals surface area contributed by atoms with Gasteiger partial charge in [0.2, 0.25) is 0 Å². The molecule has 1 rings (SSSR count). The van der Waals surface area contributed by atoms with Crippen molar-refractivity contribution in [1.29, 1.82) is 0 Å². The molecule has 1 aromatic rings. The van der Waals surface area contributed by atoms with E-state index in [1.807, 2.05) is 6.07 Å². The van der Waals surface area contributed by atoms with Crippen molar-refractivity contribution in [2.24, 2.45) is 5.92 Å². The first-order valence-electron chi connectivity index (χ1n) is 6.61. The van der Waals surface area contributed by atoms with E-state index in [0.717, 1.165) is 12.1 Å². The Labute approximate surface area is 127 Å². The summed E-state index contributed by atoms with van der Waals surface area (Å²) in [5, 5.41) is 3.60. The van der Waals surface area contributed by atoms with Crippen LogP contribution in [0.15, 0.2) is 18.2 Å². The SMILES string of the molecule is CC(C)CNCc1cccc(Cl)c1OCCOC(F)(F)F. The van der Waals surface area contributed by atoms with E-state index in [-0.39, 0.29) is 6.61 Å². The van der Waals surface area contributed by atoms with Gasteiger partial charge in [-0.1, -0.05) is 37.6 Å². The molecule has 0 aliphatic rings. The normalized spacial score (nSPS) is 12.0. The van der Waals surface area contributed by atoms with E-state index in [9.17, 15) is 13.2 Å². The predicted molar refractivity (Wildman–Crippen MR) is 75.5 cm³/mol. The van der Waals surface area contributed by atoms with Crippen molar-refractivity contribution in [3.63, 3.8) is 0 Å². The van der Waals surface area contributed by atoms with Crippen molar-refractivity contribution in [2.45, 2.75) is 26.8 Å². The van der Waals surface area contributed by atoms with E-state index in [0.29, 0.717) is 23.2 Å². The van der Waals surface area contributed by atoms with Crippen LogP contribution in [0.3, 0.4) is 0 Å². The fourth-order valence-electron chi connectivity index (χ4n) is 1.65. The smallest absolute Gasteiger partial charge is 0.489 e. The fourth-order valence-corrected chi connectivity index (χ4v) is 1.90. The third kappa shape index (κ3) is 7.55. The van der Waals surface area contributed by atoms with Crippen LogP contribution in [-0.2, 0) is 11.3 Å². The monoisotopic (exact) mass is 325 g/mol. The van der Waals surface area contributed by atoms with Crippen LogP contribution in [0.4, 0.5) is 13.2 Å². The predicted octanol–water partition coefficient (Wildman–Crippen LogP) is 4.00. The maximum atomic E-state index is 11.9. The minimum absolute atomic E-state index is 0.222. The molecule has 3 nitrogen and oxygen atoms in total. The Hall–Kier alpha value is -0.980. The van der Waals surface area contributed by atoms with Gasteiger partial charge in [-0.2, -0.15) is 0 Å². The lowest BCUT2D eigenvalue weighted by Gasteiger charge is -2.15. The van der Waals surface area contributed by atoms with Gasteiger partial charge in [-0.05, 0) is 18.5 Å². The molecule has 120 valence electrons. The third-order valence-electron chi connectivity index (χ3n) is 2.51. The molecule has 0 bridgehead atoms. The highest BCUT2D eigenvalue weighted by molar-refractivity contribution is 6.32. The first-order valence-corrected chi connectivity index (χ1v) is 6.99. The van der Waals surface area contributed by atoms with Crippen LogP contribution >= 0.6 is 11.6 Å². The summed E-state index contributed by atoms with van der Waals surface area (Å²) in [6, 6.07) is 5.22. The summed E-state index contributed by atoms with van der Waals surface area (Å²) < 4.78 is 44.6. The summed E-state index contributed by atoms with van der Waals surface area (Å²) in [7, 11) is 0. The van der Waals surface area contributed by atoms with Gasteiger partial charge in [0.1, 0.15) is 12.4 Å². The van der Waals surface area contributed by atoms with Crippen LogP contribution in [0.25, 0.3) is 0 Å². The standard InChI is InChI=1S/C14H19ClF3NO2/c1-10(2)8-19-9-11-4-3-5-12(15)13(11)20-6-7-21-14(16,17)18/h3-5,10,19H,6-9H2,1-2H3. The fraction of sp³-hybridized carbons (Fsp3) is 0.571. The van der Waals surface area contributed by atoms with Crippen LogP contribution in [0.1, 0.15) is 19.4 Å². The number of nitrogens with one attached hydrogen (secondary N) is 1. The third-order valence-corrected chi connectivity index (χ3v) is 2.81. The van der Waals surface area contributed by atoms with Crippen molar-refractivity contribution in [2.75, 3.05) is 19.8 Å². The van der Waals surface area contributed by atoms with Crippen LogP contribution < -0.4 is 10.1 Å². The summed E-state index contributed by atoms with van der Waals surface area (Å²) in [4.78, 5) is 0. The Morgan fingerprint density at radius 2 is 1.95 bits per heavy atom. The molecule has 1 N–H and O–H groups in total. The van der Waals surface area contributed by atoms with Crippen molar-refractivity contribution in [3.05, 3.63) is 28.8 Å². The molecule has 0 saturated heterocycles. The van der Waals surface area contributed by atoms with Crippen LogP contribution in [-0.4, -0.2) is 26.1 Å². The van der Waals surface area contributed by atoms with Gasteiger partial charge >= 0.3 is 6.36 Å². The van der Waals surface area contributed by atoms with Crippen LogP contribution in [0.2, 0.25) is 5.02 Å². The van der Waals surface area contributed by atoms with Crippen LogP contribution in [0, 0.1) is 5.92 Å². The maximum absolute atomic E-state index is 11.9. The number of halogens is 4. The maximum Gasteiger partial charge on any atom is 0.522 e. The van der Waals surface area contributed by atoms with Crippen molar-refractivity contribution >= 4 is 11.6 Å². The van der Waals surface area contributed by atoms with Gasteiger partial charge in [0.25, 0.3) is 0 Å². The average Bonchev–Trinajstić information content (AvgIpc) is 2.35. The first-order chi connectivity index (χ1) is 9.79. The van der Waals surface area contributed by atoms with E-state index in [1.54, 1.807) is 12.1 Å². The largest absolute Gasteiger partial charge is 0.522 e. The second kappa shape index (κ2) is 8.46. The molecule has 0 saturated carbocycles. The Balaban J connectivity index is 2.55. The zero-order valence-electron chi connectivity index (χ0n) is 12.0. The summed E-state index contributed by atoms with van der Waals surface area (Å²) in [5.74, 6) is 0.884. The minimum atomic E-state index is -4.65. The molecule has 0 aliphatic heterocycles. The molecule has 0 amide bonds. The second-order valence-electron chi connectivity index (χ2n) is 4.90. The van der Waals surface area contributed by atoms with E-state index in [4.69, 9.17) is 16.3 Å². The van der Waals surface area contributed by atoms with Gasteiger partial charge in [-0.25, -0.2) is 0 Å². The first kappa shape index (κ1) is 18.1. The number of ether oxygens (including phenoxy) is 2.